The molecule has 0 spiro atoms. The van der Waals surface area contributed by atoms with E-state index in [1.165, 1.54) is 14.2 Å². The number of ether oxygens (including phenoxy) is 4. The quantitative estimate of drug-likeness (QED) is 0.652. The van der Waals surface area contributed by atoms with Gasteiger partial charge in [0.25, 0.3) is 0 Å². The normalized spacial score (nSPS) is 10.9. The number of phenols is 2. The highest BCUT2D eigenvalue weighted by atomic mass is 32.2. The number of hydrogen-bond donors (Lipinski definition) is 2. The van der Waals surface area contributed by atoms with E-state index in [4.69, 9.17) is 9.47 Å². The number of hydrogen-bond acceptors (Lipinski definition) is 10. The molecule has 0 aliphatic carbocycles. The third kappa shape index (κ3) is 3.90. The highest BCUT2D eigenvalue weighted by molar-refractivity contribution is 7.91. The topological polar surface area (TPSA) is 146 Å². The van der Waals surface area contributed by atoms with Gasteiger partial charge in [0.2, 0.25) is 9.84 Å². The first-order chi connectivity index (χ1) is 13.6. The summed E-state index contributed by atoms with van der Waals surface area (Å²) in [5.74, 6) is -3.61. The molecule has 0 aliphatic heterocycles. The molecule has 10 nitrogen and oxygen atoms in total. The Kier molecular flexibility index (Phi) is 6.22. The Balaban J connectivity index is 2.85. The van der Waals surface area contributed by atoms with E-state index < -0.39 is 54.2 Å². The van der Waals surface area contributed by atoms with Crippen LogP contribution in [0.2, 0.25) is 0 Å². The Morgan fingerprint density at radius 2 is 1.07 bits per heavy atom. The zero-order chi connectivity index (χ0) is 21.9. The van der Waals surface area contributed by atoms with Crippen LogP contribution in [-0.2, 0) is 19.3 Å². The van der Waals surface area contributed by atoms with Crippen LogP contribution in [0, 0.1) is 0 Å². The molecule has 2 rings (SSSR count). The van der Waals surface area contributed by atoms with Crippen molar-refractivity contribution in [2.45, 2.75) is 9.79 Å². The van der Waals surface area contributed by atoms with Crippen molar-refractivity contribution in [2.75, 3.05) is 28.4 Å². The Hall–Kier alpha value is -3.47. The van der Waals surface area contributed by atoms with Crippen LogP contribution in [0.3, 0.4) is 0 Å². The number of benzene rings is 2. The van der Waals surface area contributed by atoms with E-state index in [1.807, 2.05) is 0 Å². The van der Waals surface area contributed by atoms with Gasteiger partial charge in [-0.3, -0.25) is 0 Å². The number of sulfone groups is 1. The first-order valence-electron chi connectivity index (χ1n) is 7.86. The van der Waals surface area contributed by atoms with E-state index in [1.54, 1.807) is 0 Å². The summed E-state index contributed by atoms with van der Waals surface area (Å²) in [4.78, 5) is 22.7. The first-order valence-corrected chi connectivity index (χ1v) is 9.34. The average molecular weight is 426 g/mol. The Morgan fingerprint density at radius 1 is 0.724 bits per heavy atom. The molecule has 2 aromatic rings. The maximum atomic E-state index is 13.3. The van der Waals surface area contributed by atoms with Gasteiger partial charge in [0.15, 0.2) is 0 Å². The number of carbonyl (C=O) groups excluding carboxylic acids is 2. The molecule has 0 saturated carbocycles. The number of esters is 2. The van der Waals surface area contributed by atoms with Gasteiger partial charge in [0.05, 0.1) is 28.4 Å². The van der Waals surface area contributed by atoms with E-state index in [9.17, 15) is 28.2 Å². The van der Waals surface area contributed by atoms with Crippen LogP contribution in [0.5, 0.6) is 23.0 Å². The van der Waals surface area contributed by atoms with Crippen LogP contribution in [0.25, 0.3) is 0 Å². The monoisotopic (exact) mass is 426 g/mol. The predicted molar refractivity (Wildman–Crippen MR) is 97.4 cm³/mol. The van der Waals surface area contributed by atoms with E-state index in [0.29, 0.717) is 0 Å². The molecule has 11 heteroatoms. The third-order valence-electron chi connectivity index (χ3n) is 3.95. The van der Waals surface area contributed by atoms with Gasteiger partial charge in [-0.25, -0.2) is 18.0 Å². The molecular weight excluding hydrogens is 408 g/mol. The molecule has 0 saturated heterocycles. The second-order valence-electron chi connectivity index (χ2n) is 5.53. The van der Waals surface area contributed by atoms with Crippen LogP contribution >= 0.6 is 0 Å². The lowest BCUT2D eigenvalue weighted by molar-refractivity contribution is 0.0587. The number of carbonyl (C=O) groups is 2. The fourth-order valence-corrected chi connectivity index (χ4v) is 4.10. The maximum Gasteiger partial charge on any atom is 0.341 e. The summed E-state index contributed by atoms with van der Waals surface area (Å²) in [6, 6.07) is 3.62. The minimum atomic E-state index is -4.47. The number of rotatable bonds is 6. The van der Waals surface area contributed by atoms with Crippen LogP contribution in [0.4, 0.5) is 0 Å². The van der Waals surface area contributed by atoms with Crippen LogP contribution < -0.4 is 9.47 Å². The van der Waals surface area contributed by atoms with Gasteiger partial charge < -0.3 is 29.2 Å². The maximum absolute atomic E-state index is 13.3. The highest BCUT2D eigenvalue weighted by Crippen LogP contribution is 2.40. The molecule has 0 heterocycles. The lowest BCUT2D eigenvalue weighted by Crippen LogP contribution is -2.11. The van der Waals surface area contributed by atoms with Gasteiger partial charge in [-0.15, -0.1) is 0 Å². The summed E-state index contributed by atoms with van der Waals surface area (Å²) in [6.45, 7) is 0. The highest BCUT2D eigenvalue weighted by Gasteiger charge is 2.31. The molecule has 2 N–H and O–H groups in total. The van der Waals surface area contributed by atoms with Crippen molar-refractivity contribution in [1.29, 1.82) is 0 Å². The number of aromatic hydroxyl groups is 2. The Bertz CT molecular complexity index is 993. The summed E-state index contributed by atoms with van der Waals surface area (Å²) >= 11 is 0. The largest absolute Gasteiger partial charge is 0.507 e. The molecule has 0 fully saturated rings. The lowest BCUT2D eigenvalue weighted by atomic mass is 10.2. The minimum Gasteiger partial charge on any atom is -0.507 e. The molecule has 0 bridgehead atoms. The van der Waals surface area contributed by atoms with Gasteiger partial charge >= 0.3 is 11.9 Å². The van der Waals surface area contributed by atoms with Crippen molar-refractivity contribution < 1.29 is 47.2 Å². The molecule has 0 radical (unpaired) electrons. The summed E-state index contributed by atoms with van der Waals surface area (Å²) in [5.41, 5.74) is -0.837. The average Bonchev–Trinajstić information content (AvgIpc) is 2.71. The van der Waals surface area contributed by atoms with Crippen molar-refractivity contribution in [1.82, 2.24) is 0 Å². The smallest absolute Gasteiger partial charge is 0.341 e. The third-order valence-corrected chi connectivity index (χ3v) is 5.75. The SMILES string of the molecule is COC(=O)c1cc(S(=O)(=O)c2cc(C(=O)OC)c(O)cc2OC)c(OC)cc1O. The first kappa shape index (κ1) is 21.8. The molecule has 0 aromatic heterocycles. The fourth-order valence-electron chi connectivity index (χ4n) is 2.50. The summed E-state index contributed by atoms with van der Waals surface area (Å²) in [6.07, 6.45) is 0. The molecule has 156 valence electrons. The van der Waals surface area contributed by atoms with Crippen molar-refractivity contribution in [2.24, 2.45) is 0 Å². The molecule has 0 unspecified atom stereocenters. The Morgan fingerprint density at radius 3 is 1.34 bits per heavy atom. The van der Waals surface area contributed by atoms with E-state index in [0.717, 1.165) is 38.5 Å². The van der Waals surface area contributed by atoms with Crippen molar-refractivity contribution in [3.8, 4) is 23.0 Å². The summed E-state index contributed by atoms with van der Waals surface area (Å²) in [7, 11) is -0.0192. The van der Waals surface area contributed by atoms with Gasteiger partial charge in [-0.05, 0) is 12.1 Å². The molecule has 0 aliphatic rings. The molecule has 0 atom stereocenters. The standard InChI is InChI=1S/C18H18O10S/c1-25-13-7-11(19)9(17(21)27-3)5-15(13)29(23,24)16-6-10(18(22)28-4)12(20)8-14(16)26-2/h5-8,19-20H,1-4H3. The fraction of sp³-hybridized carbons (Fsp3) is 0.222. The molecule has 2 aromatic carbocycles. The van der Waals surface area contributed by atoms with Crippen LogP contribution in [0.15, 0.2) is 34.1 Å². The summed E-state index contributed by atoms with van der Waals surface area (Å²) < 4.78 is 45.8. The van der Waals surface area contributed by atoms with Gasteiger partial charge in [0.1, 0.15) is 43.9 Å². The van der Waals surface area contributed by atoms with Gasteiger partial charge in [-0.2, -0.15) is 0 Å². The molecule has 29 heavy (non-hydrogen) atoms. The summed E-state index contributed by atoms with van der Waals surface area (Å²) in [5, 5.41) is 20.0. The zero-order valence-electron chi connectivity index (χ0n) is 15.9. The lowest BCUT2D eigenvalue weighted by Gasteiger charge is -2.15. The molecular formula is C18H18O10S. The van der Waals surface area contributed by atoms with Gasteiger partial charge in [-0.1, -0.05) is 0 Å². The van der Waals surface area contributed by atoms with Crippen LogP contribution in [0.1, 0.15) is 20.7 Å². The van der Waals surface area contributed by atoms with E-state index >= 15 is 0 Å². The minimum absolute atomic E-state index is 0.273. The van der Waals surface area contributed by atoms with Crippen molar-refractivity contribution >= 4 is 21.8 Å². The van der Waals surface area contributed by atoms with Crippen molar-refractivity contribution in [3.63, 3.8) is 0 Å². The van der Waals surface area contributed by atoms with E-state index in [2.05, 4.69) is 9.47 Å². The predicted octanol–water partition coefficient (Wildman–Crippen LogP) is 1.52. The Labute approximate surface area is 166 Å². The number of phenolic OH excluding ortho intramolecular Hbond substituents is 2. The molecule has 0 amide bonds. The number of methoxy groups -OCH3 is 4. The second-order valence-corrected chi connectivity index (χ2v) is 7.41. The van der Waals surface area contributed by atoms with E-state index in [-0.39, 0.29) is 11.5 Å². The second kappa shape index (κ2) is 8.27. The van der Waals surface area contributed by atoms with Crippen molar-refractivity contribution in [3.05, 3.63) is 35.4 Å². The zero-order valence-corrected chi connectivity index (χ0v) is 16.7. The van der Waals surface area contributed by atoms with Gasteiger partial charge in [0, 0.05) is 12.1 Å². The van der Waals surface area contributed by atoms with Crippen LogP contribution in [-0.4, -0.2) is 59.0 Å².